The fourth-order valence-electron chi connectivity index (χ4n) is 1.55. The van der Waals surface area contributed by atoms with Crippen LogP contribution in [0.2, 0.25) is 0 Å². The highest BCUT2D eigenvalue weighted by Crippen LogP contribution is 2.26. The molecule has 16 heavy (non-hydrogen) atoms. The third kappa shape index (κ3) is 3.52. The van der Waals surface area contributed by atoms with Crippen LogP contribution < -0.4 is 0 Å². The van der Waals surface area contributed by atoms with Crippen molar-refractivity contribution in [2.24, 2.45) is 5.92 Å². The summed E-state index contributed by atoms with van der Waals surface area (Å²) < 4.78 is 3.34. The van der Waals surface area contributed by atoms with Gasteiger partial charge < -0.3 is 0 Å². The zero-order valence-corrected chi connectivity index (χ0v) is 13.0. The molecule has 92 valence electrons. The Kier molecular flexibility index (Phi) is 5.90. The van der Waals surface area contributed by atoms with Crippen molar-refractivity contribution < 1.29 is 0 Å². The van der Waals surface area contributed by atoms with Gasteiger partial charge in [0.25, 0.3) is 0 Å². The van der Waals surface area contributed by atoms with E-state index in [9.17, 15) is 0 Å². The largest absolute Gasteiger partial charge is 0.268 e. The first kappa shape index (κ1) is 14.1. The summed E-state index contributed by atoms with van der Waals surface area (Å²) in [5.41, 5.74) is 2.52. The van der Waals surface area contributed by atoms with E-state index in [4.69, 9.17) is 0 Å². The van der Waals surface area contributed by atoms with Gasteiger partial charge in [-0.3, -0.25) is 4.68 Å². The van der Waals surface area contributed by atoms with E-state index in [1.54, 1.807) is 0 Å². The maximum atomic E-state index is 4.60. The molecule has 0 amide bonds. The number of aromatic nitrogens is 2. The number of halogens is 1. The maximum absolute atomic E-state index is 4.60. The first-order valence-corrected chi connectivity index (χ1v) is 7.86. The van der Waals surface area contributed by atoms with Crippen LogP contribution >= 0.6 is 27.7 Å². The van der Waals surface area contributed by atoms with Crippen LogP contribution in [0.4, 0.5) is 0 Å². The Balaban J connectivity index is 2.73. The molecule has 0 spiro atoms. The second-order valence-electron chi connectivity index (χ2n) is 4.29. The van der Waals surface area contributed by atoms with Gasteiger partial charge in [-0.25, -0.2) is 0 Å². The summed E-state index contributed by atoms with van der Waals surface area (Å²) in [5, 5.41) is 4.60. The Labute approximate surface area is 111 Å². The van der Waals surface area contributed by atoms with Crippen LogP contribution in [-0.2, 0) is 18.7 Å². The lowest BCUT2D eigenvalue weighted by molar-refractivity contribution is 0.627. The smallest absolute Gasteiger partial charge is 0.0767 e. The van der Waals surface area contributed by atoms with Crippen molar-refractivity contribution in [3.05, 3.63) is 15.9 Å². The molecule has 0 bridgehead atoms. The number of hydrogen-bond donors (Lipinski definition) is 0. The van der Waals surface area contributed by atoms with Gasteiger partial charge in [0.05, 0.1) is 15.9 Å². The molecule has 1 aromatic heterocycles. The molecular formula is C12H21BrN2S. The first-order chi connectivity index (χ1) is 7.60. The van der Waals surface area contributed by atoms with Crippen LogP contribution in [0, 0.1) is 5.92 Å². The lowest BCUT2D eigenvalue weighted by atomic mass is 10.3. The first-order valence-electron chi connectivity index (χ1n) is 5.91. The lowest BCUT2D eigenvalue weighted by Crippen LogP contribution is -2.02. The van der Waals surface area contributed by atoms with Gasteiger partial charge in [-0.15, -0.1) is 0 Å². The Morgan fingerprint density at radius 1 is 1.38 bits per heavy atom. The Bertz CT molecular complexity index is 334. The zero-order valence-electron chi connectivity index (χ0n) is 10.6. The predicted octanol–water partition coefficient (Wildman–Crippen LogP) is 4.12. The van der Waals surface area contributed by atoms with Gasteiger partial charge in [0.2, 0.25) is 0 Å². The summed E-state index contributed by atoms with van der Waals surface area (Å²) in [7, 11) is 0. The van der Waals surface area contributed by atoms with Crippen molar-refractivity contribution in [3.63, 3.8) is 0 Å². The molecule has 0 radical (unpaired) electrons. The molecule has 2 nitrogen and oxygen atoms in total. The molecule has 1 aromatic rings. The summed E-state index contributed by atoms with van der Waals surface area (Å²) >= 11 is 5.66. The number of nitrogens with zero attached hydrogens (tertiary/aromatic N) is 2. The molecule has 0 atom stereocenters. The standard InChI is InChI=1S/C12H21BrN2S/c1-5-10-12(13)11(15(6-2)14-10)8-16-7-9(3)4/h9H,5-8H2,1-4H3. The zero-order chi connectivity index (χ0) is 12.1. The van der Waals surface area contributed by atoms with E-state index in [1.165, 1.54) is 21.6 Å². The predicted molar refractivity (Wildman–Crippen MR) is 76.0 cm³/mol. The topological polar surface area (TPSA) is 17.8 Å². The summed E-state index contributed by atoms with van der Waals surface area (Å²) in [6, 6.07) is 0. The number of rotatable bonds is 6. The minimum absolute atomic E-state index is 0.757. The van der Waals surface area contributed by atoms with Crippen molar-refractivity contribution in [1.82, 2.24) is 9.78 Å². The molecular weight excluding hydrogens is 284 g/mol. The van der Waals surface area contributed by atoms with E-state index in [0.717, 1.165) is 24.6 Å². The average molecular weight is 305 g/mol. The second kappa shape index (κ2) is 6.70. The third-order valence-corrected chi connectivity index (χ3v) is 4.68. The third-order valence-electron chi connectivity index (χ3n) is 2.38. The molecule has 1 heterocycles. The second-order valence-corrected chi connectivity index (χ2v) is 6.11. The van der Waals surface area contributed by atoms with E-state index < -0.39 is 0 Å². The Morgan fingerprint density at radius 3 is 2.56 bits per heavy atom. The summed E-state index contributed by atoms with van der Waals surface area (Å²) in [5.74, 6) is 3.02. The summed E-state index contributed by atoms with van der Waals surface area (Å²) in [4.78, 5) is 0. The lowest BCUT2D eigenvalue weighted by Gasteiger charge is -2.07. The van der Waals surface area contributed by atoms with Gasteiger partial charge in [-0.2, -0.15) is 16.9 Å². The van der Waals surface area contributed by atoms with Crippen LogP contribution in [0.15, 0.2) is 4.47 Å². The van der Waals surface area contributed by atoms with Gasteiger partial charge in [-0.1, -0.05) is 20.8 Å². The van der Waals surface area contributed by atoms with Crippen molar-refractivity contribution >= 4 is 27.7 Å². The quantitative estimate of drug-likeness (QED) is 0.787. The van der Waals surface area contributed by atoms with Crippen molar-refractivity contribution in [3.8, 4) is 0 Å². The Hall–Kier alpha value is 0.0400. The highest BCUT2D eigenvalue weighted by atomic mass is 79.9. The van der Waals surface area contributed by atoms with E-state index in [-0.39, 0.29) is 0 Å². The molecule has 0 saturated carbocycles. The van der Waals surface area contributed by atoms with Crippen molar-refractivity contribution in [1.29, 1.82) is 0 Å². The van der Waals surface area contributed by atoms with E-state index in [1.807, 2.05) is 11.8 Å². The normalized spacial score (nSPS) is 11.4. The molecule has 0 fully saturated rings. The van der Waals surface area contributed by atoms with Crippen LogP contribution in [-0.4, -0.2) is 15.5 Å². The fourth-order valence-corrected chi connectivity index (χ4v) is 3.51. The maximum Gasteiger partial charge on any atom is 0.0767 e. The van der Waals surface area contributed by atoms with Crippen LogP contribution in [0.5, 0.6) is 0 Å². The molecule has 0 aliphatic rings. The molecule has 0 unspecified atom stereocenters. The Morgan fingerprint density at radius 2 is 2.06 bits per heavy atom. The number of hydrogen-bond acceptors (Lipinski definition) is 2. The molecule has 0 N–H and O–H groups in total. The van der Waals surface area contributed by atoms with Gasteiger partial charge in [0.15, 0.2) is 0 Å². The van der Waals surface area contributed by atoms with Crippen LogP contribution in [0.25, 0.3) is 0 Å². The average Bonchev–Trinajstić information content (AvgIpc) is 2.55. The molecule has 1 rings (SSSR count). The fraction of sp³-hybridized carbons (Fsp3) is 0.750. The minimum Gasteiger partial charge on any atom is -0.268 e. The van der Waals surface area contributed by atoms with Gasteiger partial charge in [0.1, 0.15) is 0 Å². The van der Waals surface area contributed by atoms with Gasteiger partial charge >= 0.3 is 0 Å². The van der Waals surface area contributed by atoms with Gasteiger partial charge in [-0.05, 0) is 40.9 Å². The highest BCUT2D eigenvalue weighted by Gasteiger charge is 2.13. The van der Waals surface area contributed by atoms with E-state index in [0.29, 0.717) is 0 Å². The SMILES string of the molecule is CCc1nn(CC)c(CSCC(C)C)c1Br. The van der Waals surface area contributed by atoms with Crippen molar-refractivity contribution in [2.75, 3.05) is 5.75 Å². The molecule has 4 heteroatoms. The molecule has 0 aliphatic heterocycles. The summed E-state index contributed by atoms with van der Waals surface area (Å²) in [6.07, 6.45) is 0.995. The van der Waals surface area contributed by atoms with Crippen LogP contribution in [0.3, 0.4) is 0 Å². The van der Waals surface area contributed by atoms with Crippen LogP contribution in [0.1, 0.15) is 39.1 Å². The monoisotopic (exact) mass is 304 g/mol. The van der Waals surface area contributed by atoms with E-state index in [2.05, 4.69) is 53.4 Å². The molecule has 0 saturated heterocycles. The molecule has 0 aromatic carbocycles. The van der Waals surface area contributed by atoms with E-state index >= 15 is 0 Å². The number of thioether (sulfide) groups is 1. The highest BCUT2D eigenvalue weighted by molar-refractivity contribution is 9.10. The summed E-state index contributed by atoms with van der Waals surface area (Å²) in [6.45, 7) is 9.77. The minimum atomic E-state index is 0.757. The van der Waals surface area contributed by atoms with Crippen molar-refractivity contribution in [2.45, 2.75) is 46.4 Å². The number of aryl methyl sites for hydroxylation is 2. The molecule has 0 aliphatic carbocycles. The van der Waals surface area contributed by atoms with Gasteiger partial charge in [0, 0.05) is 12.3 Å².